The van der Waals surface area contributed by atoms with Gasteiger partial charge in [-0.1, -0.05) is 198 Å². The van der Waals surface area contributed by atoms with E-state index in [1.807, 2.05) is 0 Å². The van der Waals surface area contributed by atoms with E-state index in [1.165, 1.54) is 117 Å². The Kier molecular flexibility index (Phi) is 8.95. The van der Waals surface area contributed by atoms with Crippen molar-refractivity contribution in [1.82, 2.24) is 0 Å². The molecule has 0 atom stereocenters. The fourth-order valence-electron chi connectivity index (χ4n) is 12.3. The van der Waals surface area contributed by atoms with Crippen molar-refractivity contribution < 1.29 is 0 Å². The third-order valence-corrected chi connectivity index (χ3v) is 15.9. The highest BCUT2D eigenvalue weighted by Crippen LogP contribution is 2.63. The summed E-state index contributed by atoms with van der Waals surface area (Å²) in [5, 5.41) is 0. The smallest absolute Gasteiger partial charge is 0.252 e. The van der Waals surface area contributed by atoms with Crippen LogP contribution in [0.3, 0.4) is 0 Å². The molecule has 0 radical (unpaired) electrons. The second-order valence-corrected chi connectivity index (χ2v) is 24.2. The van der Waals surface area contributed by atoms with Gasteiger partial charge >= 0.3 is 0 Å². The van der Waals surface area contributed by atoms with Gasteiger partial charge in [0.1, 0.15) is 0 Å². The molecule has 0 aromatic heterocycles. The van der Waals surface area contributed by atoms with Gasteiger partial charge in [0, 0.05) is 34.1 Å². The van der Waals surface area contributed by atoms with Crippen molar-refractivity contribution in [2.75, 3.05) is 9.80 Å². The van der Waals surface area contributed by atoms with Crippen LogP contribution in [-0.4, -0.2) is 6.71 Å². The lowest BCUT2D eigenvalue weighted by atomic mass is 9.33. The molecule has 2 aliphatic carbocycles. The average molecular weight is 883 g/mol. The van der Waals surface area contributed by atoms with Gasteiger partial charge in [0.25, 0.3) is 6.71 Å². The van der Waals surface area contributed by atoms with E-state index >= 15 is 0 Å². The Balaban J connectivity index is 1.17. The van der Waals surface area contributed by atoms with E-state index in [9.17, 15) is 0 Å². The summed E-state index contributed by atoms with van der Waals surface area (Å²) in [6.45, 7) is 28.2. The summed E-state index contributed by atoms with van der Waals surface area (Å²) < 4.78 is 0. The lowest BCUT2D eigenvalue weighted by Crippen LogP contribution is -2.61. The molecule has 2 heterocycles. The largest absolute Gasteiger partial charge is 0.311 e. The van der Waals surface area contributed by atoms with Crippen LogP contribution in [0.2, 0.25) is 0 Å². The van der Waals surface area contributed by atoms with Crippen LogP contribution >= 0.6 is 0 Å². The minimum absolute atomic E-state index is 0.00890. The van der Waals surface area contributed by atoms with Crippen LogP contribution in [-0.2, 0) is 27.1 Å². The summed E-state index contributed by atoms with van der Waals surface area (Å²) in [5.41, 5.74) is 27.0. The van der Waals surface area contributed by atoms with Crippen LogP contribution in [0.15, 0.2) is 164 Å². The highest BCUT2D eigenvalue weighted by molar-refractivity contribution is 7.00. The number of fused-ring (bicyclic) bond motifs is 14. The average Bonchev–Trinajstić information content (AvgIpc) is 3.77. The summed E-state index contributed by atoms with van der Waals surface area (Å²) in [6, 6.07) is 64.1. The van der Waals surface area contributed by atoms with Gasteiger partial charge in [0.2, 0.25) is 0 Å². The van der Waals surface area contributed by atoms with Crippen LogP contribution in [0.25, 0.3) is 22.3 Å². The lowest BCUT2D eigenvalue weighted by molar-refractivity contribution is 0.590. The second-order valence-electron chi connectivity index (χ2n) is 24.2. The number of benzene rings is 8. The van der Waals surface area contributed by atoms with E-state index in [2.05, 4.69) is 257 Å². The standard InChI is InChI=1S/C65H63BN2/c1-61(2,3)40-20-19-21-44(34-40)67-56-35-41(62(4,5)6)28-32-54(56)66-55-33-29-42(63(7,8)9)36-57(55)68(59-38-43(64(10,11)12)37-58(67)60(59)66)45-30-31-53-49(39-45)48-24-15-18-27-52(48)65(53)50-25-16-13-22-46(50)47-23-14-17-26-51(47)65/h13-39H,1-12H3. The van der Waals surface area contributed by atoms with E-state index in [0.717, 1.165) is 0 Å². The molecule has 0 saturated carbocycles. The molecule has 8 aromatic rings. The molecule has 0 fully saturated rings. The molecule has 3 heteroatoms. The van der Waals surface area contributed by atoms with Crippen molar-refractivity contribution in [2.24, 2.45) is 0 Å². The Bertz CT molecular complexity index is 3370. The van der Waals surface area contributed by atoms with Crippen LogP contribution < -0.4 is 26.2 Å². The zero-order valence-corrected chi connectivity index (χ0v) is 42.1. The molecular formula is C65H63BN2. The van der Waals surface area contributed by atoms with E-state index in [0.29, 0.717) is 0 Å². The molecule has 68 heavy (non-hydrogen) atoms. The monoisotopic (exact) mass is 883 g/mol. The Hall–Kier alpha value is -6.58. The van der Waals surface area contributed by atoms with E-state index in [1.54, 1.807) is 0 Å². The highest BCUT2D eigenvalue weighted by atomic mass is 15.2. The first-order chi connectivity index (χ1) is 32.3. The van der Waals surface area contributed by atoms with Crippen molar-refractivity contribution in [2.45, 2.75) is 110 Å². The van der Waals surface area contributed by atoms with Crippen molar-refractivity contribution >= 4 is 57.2 Å². The molecule has 8 aromatic carbocycles. The maximum atomic E-state index is 2.65. The predicted molar refractivity (Wildman–Crippen MR) is 292 cm³/mol. The first-order valence-corrected chi connectivity index (χ1v) is 24.9. The van der Waals surface area contributed by atoms with Gasteiger partial charge in [-0.05, 0) is 153 Å². The number of nitrogens with zero attached hydrogens (tertiary/aromatic N) is 2. The number of hydrogen-bond donors (Lipinski definition) is 0. The number of anilines is 6. The van der Waals surface area contributed by atoms with Gasteiger partial charge in [0.05, 0.1) is 5.41 Å². The van der Waals surface area contributed by atoms with Gasteiger partial charge in [-0.3, -0.25) is 0 Å². The van der Waals surface area contributed by atoms with E-state index in [4.69, 9.17) is 0 Å². The Morgan fingerprint density at radius 3 is 1.19 bits per heavy atom. The molecule has 0 saturated heterocycles. The van der Waals surface area contributed by atoms with Gasteiger partial charge in [-0.15, -0.1) is 0 Å². The number of hydrogen-bond acceptors (Lipinski definition) is 2. The second kappa shape index (κ2) is 14.2. The summed E-state index contributed by atoms with van der Waals surface area (Å²) in [4.78, 5) is 5.27. The first kappa shape index (κ1) is 42.8. The summed E-state index contributed by atoms with van der Waals surface area (Å²) in [6.07, 6.45) is 0. The molecule has 0 unspecified atom stereocenters. The maximum Gasteiger partial charge on any atom is 0.252 e. The molecule has 336 valence electrons. The van der Waals surface area contributed by atoms with Gasteiger partial charge < -0.3 is 9.80 Å². The molecular weight excluding hydrogens is 820 g/mol. The molecule has 0 bridgehead atoms. The fourth-order valence-corrected chi connectivity index (χ4v) is 12.3. The van der Waals surface area contributed by atoms with Gasteiger partial charge in [0.15, 0.2) is 0 Å². The lowest BCUT2D eigenvalue weighted by Gasteiger charge is -2.46. The molecule has 1 spiro atoms. The van der Waals surface area contributed by atoms with Crippen LogP contribution in [0, 0.1) is 0 Å². The Labute approximate surface area is 405 Å². The third-order valence-electron chi connectivity index (χ3n) is 15.9. The zero-order chi connectivity index (χ0) is 47.4. The van der Waals surface area contributed by atoms with Crippen LogP contribution in [0.1, 0.15) is 128 Å². The van der Waals surface area contributed by atoms with Crippen molar-refractivity contribution in [3.05, 3.63) is 208 Å². The quantitative estimate of drug-likeness (QED) is 0.160. The van der Waals surface area contributed by atoms with Gasteiger partial charge in [-0.2, -0.15) is 0 Å². The van der Waals surface area contributed by atoms with Crippen molar-refractivity contribution in [3.63, 3.8) is 0 Å². The summed E-state index contributed by atoms with van der Waals surface area (Å²) in [7, 11) is 0. The molecule has 0 amide bonds. The molecule has 4 aliphatic rings. The number of rotatable bonds is 2. The third kappa shape index (κ3) is 6.03. The molecule has 12 rings (SSSR count). The SMILES string of the molecule is CC(C)(C)c1cccc(N2c3cc(C(C)(C)C)ccc3B3c4ccc(C(C)(C)C)cc4N(c4ccc5c(c4)-c4ccccc4C54c5ccccc5-c5ccccc54)c4cc(C(C)(C)C)cc2c43)c1. The molecule has 0 N–H and O–H groups in total. The fraction of sp³-hybridized carbons (Fsp3) is 0.262. The van der Waals surface area contributed by atoms with E-state index in [-0.39, 0.29) is 28.4 Å². The minimum Gasteiger partial charge on any atom is -0.311 e. The van der Waals surface area contributed by atoms with Crippen LogP contribution in [0.5, 0.6) is 0 Å². The molecule has 2 nitrogen and oxygen atoms in total. The van der Waals surface area contributed by atoms with Gasteiger partial charge in [-0.25, -0.2) is 0 Å². The first-order valence-electron chi connectivity index (χ1n) is 24.9. The summed E-state index contributed by atoms with van der Waals surface area (Å²) >= 11 is 0. The Morgan fingerprint density at radius 2 is 0.721 bits per heavy atom. The zero-order valence-electron chi connectivity index (χ0n) is 42.1. The minimum atomic E-state index is -0.398. The highest BCUT2D eigenvalue weighted by Gasteiger charge is 2.52. The predicted octanol–water partition coefficient (Wildman–Crippen LogP) is 15.3. The summed E-state index contributed by atoms with van der Waals surface area (Å²) in [5.74, 6) is 0. The topological polar surface area (TPSA) is 6.48 Å². The van der Waals surface area contributed by atoms with Crippen LogP contribution in [0.4, 0.5) is 34.1 Å². The van der Waals surface area contributed by atoms with Crippen molar-refractivity contribution in [1.29, 1.82) is 0 Å². The normalized spacial score (nSPS) is 15.1. The molecule has 2 aliphatic heterocycles. The maximum absolute atomic E-state index is 2.65. The Morgan fingerprint density at radius 1 is 0.324 bits per heavy atom. The van der Waals surface area contributed by atoms with Crippen molar-refractivity contribution in [3.8, 4) is 22.3 Å². The van der Waals surface area contributed by atoms with E-state index < -0.39 is 5.41 Å².